The van der Waals surface area contributed by atoms with Crippen molar-refractivity contribution in [2.45, 2.75) is 32.4 Å². The summed E-state index contributed by atoms with van der Waals surface area (Å²) < 4.78 is 17.5. The fraction of sp³-hybridized carbons (Fsp3) is 0.217. The lowest BCUT2D eigenvalue weighted by Gasteiger charge is -2.07. The molecule has 0 bridgehead atoms. The number of aromatic nitrogens is 5. The number of aryl methyl sites for hydroxylation is 1. The van der Waals surface area contributed by atoms with E-state index in [1.807, 2.05) is 35.8 Å². The molecule has 2 aromatic carbocycles. The second-order valence-corrected chi connectivity index (χ2v) is 8.30. The zero-order valence-electron chi connectivity index (χ0n) is 17.4. The summed E-state index contributed by atoms with van der Waals surface area (Å²) in [6.07, 6.45) is 3.80. The molecule has 0 spiro atoms. The lowest BCUT2D eigenvalue weighted by atomic mass is 10.1. The van der Waals surface area contributed by atoms with Gasteiger partial charge >= 0.3 is 0 Å². The Bertz CT molecular complexity index is 1350. The number of nitrogens with one attached hydrogen (secondary N) is 2. The van der Waals surface area contributed by atoms with Crippen LogP contribution in [0.2, 0.25) is 0 Å². The van der Waals surface area contributed by atoms with Crippen molar-refractivity contribution >= 4 is 18.1 Å². The van der Waals surface area contributed by atoms with E-state index in [2.05, 4.69) is 20.6 Å². The van der Waals surface area contributed by atoms with E-state index in [1.165, 1.54) is 12.1 Å². The van der Waals surface area contributed by atoms with Crippen LogP contribution in [-0.2, 0) is 6.54 Å². The van der Waals surface area contributed by atoms with Gasteiger partial charge < -0.3 is 5.32 Å². The Labute approximate surface area is 188 Å². The molecule has 1 amide bonds. The second-order valence-electron chi connectivity index (χ2n) is 7.91. The van der Waals surface area contributed by atoms with Crippen LogP contribution in [0.5, 0.6) is 0 Å². The van der Waals surface area contributed by atoms with E-state index in [1.54, 1.807) is 23.0 Å². The topological polar surface area (TPSA) is 80.5 Å². The summed E-state index contributed by atoms with van der Waals surface area (Å²) in [7, 11) is 0. The fourth-order valence-electron chi connectivity index (χ4n) is 3.70. The minimum absolute atomic E-state index is 0.247. The predicted molar refractivity (Wildman–Crippen MR) is 121 cm³/mol. The van der Waals surface area contributed by atoms with Crippen molar-refractivity contribution in [3.8, 4) is 16.9 Å². The number of rotatable bonds is 6. The number of aromatic amines is 1. The standard InChI is InChI=1S/C23H21FN6OS/c1-14-3-2-4-15(11-14)21-19(13-29(28-21)17-7-5-16(24)6-8-17)22(31)25-12-20-26-27-23(32)30(20)18-9-10-18/h2-8,11,13,18H,9-10,12H2,1H3,(H,25,31)(H,27,32). The zero-order chi connectivity index (χ0) is 22.2. The van der Waals surface area contributed by atoms with Gasteiger partial charge in [-0.15, -0.1) is 0 Å². The second kappa shape index (κ2) is 8.16. The lowest BCUT2D eigenvalue weighted by molar-refractivity contribution is 0.0950. The van der Waals surface area contributed by atoms with Crippen LogP contribution in [0, 0.1) is 17.5 Å². The Kier molecular flexibility index (Phi) is 5.18. The molecule has 0 radical (unpaired) electrons. The highest BCUT2D eigenvalue weighted by Gasteiger charge is 2.27. The van der Waals surface area contributed by atoms with Crippen molar-refractivity contribution in [3.05, 3.63) is 82.3 Å². The number of H-pyrrole nitrogens is 1. The first-order valence-electron chi connectivity index (χ1n) is 10.4. The molecule has 1 aliphatic rings. The summed E-state index contributed by atoms with van der Waals surface area (Å²) in [6.45, 7) is 2.23. The maximum Gasteiger partial charge on any atom is 0.255 e. The molecule has 5 rings (SSSR count). The molecule has 1 fully saturated rings. The summed E-state index contributed by atoms with van der Waals surface area (Å²) in [4.78, 5) is 13.2. The molecule has 0 aliphatic heterocycles. The maximum absolute atomic E-state index is 13.4. The van der Waals surface area contributed by atoms with Crippen molar-refractivity contribution in [2.75, 3.05) is 0 Å². The molecule has 0 saturated heterocycles. The molecule has 0 unspecified atom stereocenters. The quantitative estimate of drug-likeness (QED) is 0.426. The molecular formula is C23H21FN6OS. The summed E-state index contributed by atoms with van der Waals surface area (Å²) in [5, 5.41) is 14.7. The van der Waals surface area contributed by atoms with Crippen LogP contribution in [0.4, 0.5) is 4.39 Å². The van der Waals surface area contributed by atoms with Gasteiger partial charge in [0, 0.05) is 17.8 Å². The van der Waals surface area contributed by atoms with Crippen LogP contribution in [-0.4, -0.2) is 30.5 Å². The molecule has 1 saturated carbocycles. The zero-order valence-corrected chi connectivity index (χ0v) is 18.2. The minimum Gasteiger partial charge on any atom is -0.345 e. The Morgan fingerprint density at radius 1 is 1.25 bits per heavy atom. The third-order valence-electron chi connectivity index (χ3n) is 5.44. The first kappa shape index (κ1) is 20.3. The minimum atomic E-state index is -0.332. The molecule has 1 aliphatic carbocycles. The predicted octanol–water partition coefficient (Wildman–Crippen LogP) is 4.51. The number of hydrogen-bond acceptors (Lipinski definition) is 4. The van der Waals surface area contributed by atoms with E-state index in [-0.39, 0.29) is 18.3 Å². The van der Waals surface area contributed by atoms with Gasteiger partial charge in [0.05, 0.1) is 17.8 Å². The first-order valence-corrected chi connectivity index (χ1v) is 10.8. The highest BCUT2D eigenvalue weighted by molar-refractivity contribution is 7.71. The van der Waals surface area contributed by atoms with Crippen molar-refractivity contribution in [2.24, 2.45) is 0 Å². The lowest BCUT2D eigenvalue weighted by Crippen LogP contribution is -2.25. The van der Waals surface area contributed by atoms with E-state index in [4.69, 9.17) is 12.2 Å². The van der Waals surface area contributed by atoms with Crippen molar-refractivity contribution in [1.29, 1.82) is 0 Å². The smallest absolute Gasteiger partial charge is 0.255 e. The first-order chi connectivity index (χ1) is 15.5. The van der Waals surface area contributed by atoms with E-state index >= 15 is 0 Å². The van der Waals surface area contributed by atoms with Gasteiger partial charge in [-0.1, -0.05) is 23.8 Å². The molecule has 2 aromatic heterocycles. The SMILES string of the molecule is Cc1cccc(-c2nn(-c3ccc(F)cc3)cc2C(=O)NCc2n[nH]c(=S)n2C2CC2)c1. The van der Waals surface area contributed by atoms with Gasteiger partial charge in [-0.25, -0.2) is 9.07 Å². The fourth-order valence-corrected chi connectivity index (χ4v) is 4.00. The van der Waals surface area contributed by atoms with Gasteiger partial charge in [-0.05, 0) is 62.3 Å². The third-order valence-corrected chi connectivity index (χ3v) is 5.73. The largest absolute Gasteiger partial charge is 0.345 e. The average Bonchev–Trinajstić information content (AvgIpc) is 3.40. The van der Waals surface area contributed by atoms with Gasteiger partial charge in [0.25, 0.3) is 5.91 Å². The molecule has 9 heteroatoms. The monoisotopic (exact) mass is 448 g/mol. The van der Waals surface area contributed by atoms with Gasteiger partial charge in [0.1, 0.15) is 11.5 Å². The van der Waals surface area contributed by atoms with Gasteiger partial charge in [0.2, 0.25) is 0 Å². The molecule has 2 N–H and O–H groups in total. The summed E-state index contributed by atoms with van der Waals surface area (Å²) >= 11 is 5.32. The van der Waals surface area contributed by atoms with Gasteiger partial charge in [-0.3, -0.25) is 14.5 Å². The third kappa shape index (κ3) is 3.99. The Morgan fingerprint density at radius 3 is 2.75 bits per heavy atom. The van der Waals surface area contributed by atoms with Crippen LogP contribution in [0.15, 0.2) is 54.7 Å². The van der Waals surface area contributed by atoms with E-state index in [0.29, 0.717) is 33.6 Å². The number of carbonyl (C=O) groups excluding carboxylic acids is 1. The van der Waals surface area contributed by atoms with E-state index in [9.17, 15) is 9.18 Å². The summed E-state index contributed by atoms with van der Waals surface area (Å²) in [5.41, 5.74) is 3.53. The van der Waals surface area contributed by atoms with Crippen molar-refractivity contribution in [3.63, 3.8) is 0 Å². The van der Waals surface area contributed by atoms with Crippen LogP contribution in [0.25, 0.3) is 16.9 Å². The number of benzene rings is 2. The number of halogens is 1. The Balaban J connectivity index is 1.48. The number of hydrogen-bond donors (Lipinski definition) is 2. The number of carbonyl (C=O) groups is 1. The molecule has 162 valence electrons. The molecule has 32 heavy (non-hydrogen) atoms. The normalized spacial score (nSPS) is 13.3. The summed E-state index contributed by atoms with van der Waals surface area (Å²) in [6, 6.07) is 14.1. The van der Waals surface area contributed by atoms with Crippen LogP contribution < -0.4 is 5.32 Å². The molecule has 0 atom stereocenters. The highest BCUT2D eigenvalue weighted by Crippen LogP contribution is 2.35. The molecule has 4 aromatic rings. The van der Waals surface area contributed by atoms with Crippen molar-refractivity contribution in [1.82, 2.24) is 29.9 Å². The van der Waals surface area contributed by atoms with Gasteiger partial charge in [-0.2, -0.15) is 10.2 Å². The molecule has 2 heterocycles. The van der Waals surface area contributed by atoms with Crippen LogP contribution >= 0.6 is 12.2 Å². The summed E-state index contributed by atoms with van der Waals surface area (Å²) in [5.74, 6) is 0.0990. The number of nitrogens with zero attached hydrogens (tertiary/aromatic N) is 4. The average molecular weight is 449 g/mol. The van der Waals surface area contributed by atoms with Gasteiger partial charge in [0.15, 0.2) is 10.6 Å². The maximum atomic E-state index is 13.4. The van der Waals surface area contributed by atoms with Crippen molar-refractivity contribution < 1.29 is 9.18 Å². The molecule has 7 nitrogen and oxygen atoms in total. The van der Waals surface area contributed by atoms with Crippen LogP contribution in [0.1, 0.15) is 40.6 Å². The Hall–Kier alpha value is -3.59. The number of amides is 1. The Morgan fingerprint density at radius 2 is 2.03 bits per heavy atom. The molecular weight excluding hydrogens is 427 g/mol. The van der Waals surface area contributed by atoms with E-state index in [0.717, 1.165) is 24.0 Å². The van der Waals surface area contributed by atoms with Crippen LogP contribution in [0.3, 0.4) is 0 Å². The highest BCUT2D eigenvalue weighted by atomic mass is 32.1. The van der Waals surface area contributed by atoms with E-state index < -0.39 is 0 Å².